The molecule has 1 aromatic carbocycles. The molecule has 3 aromatic rings. The fourth-order valence-electron chi connectivity index (χ4n) is 2.02. The molecule has 0 fully saturated rings. The zero-order valence-electron chi connectivity index (χ0n) is 12.2. The number of nitrogens with one attached hydrogen (secondary N) is 1. The molecule has 1 N–H and O–H groups in total. The van der Waals surface area contributed by atoms with E-state index in [1.54, 1.807) is 30.3 Å². The van der Waals surface area contributed by atoms with Gasteiger partial charge in [-0.15, -0.1) is 11.3 Å². The first-order chi connectivity index (χ1) is 10.9. The number of rotatable bonds is 4. The summed E-state index contributed by atoms with van der Waals surface area (Å²) in [5.41, 5.74) is 0.809. The van der Waals surface area contributed by atoms with E-state index < -0.39 is 10.0 Å². The minimum absolute atomic E-state index is 0.0924. The zero-order valence-corrected chi connectivity index (χ0v) is 13.8. The highest BCUT2D eigenvalue weighted by molar-refractivity contribution is 7.88. The average Bonchev–Trinajstić information content (AvgIpc) is 2.53. The zero-order chi connectivity index (χ0) is 16.4. The van der Waals surface area contributed by atoms with Crippen LogP contribution in [-0.2, 0) is 16.6 Å². The van der Waals surface area contributed by atoms with Crippen molar-refractivity contribution in [2.24, 2.45) is 0 Å². The molecular formula is C15H13N3O3S2. The highest BCUT2D eigenvalue weighted by Crippen LogP contribution is 2.24. The van der Waals surface area contributed by atoms with Gasteiger partial charge in [0.05, 0.1) is 29.6 Å². The molecule has 0 spiro atoms. The van der Waals surface area contributed by atoms with Crippen LogP contribution in [0.5, 0.6) is 0 Å². The SMILES string of the molecule is CS(=O)(=O)NCc1cccc(-c2nc(=O)c3ccccc3s2)n1. The Morgan fingerprint density at radius 2 is 1.87 bits per heavy atom. The normalized spacial score (nSPS) is 11.7. The predicted molar refractivity (Wildman–Crippen MR) is 90.8 cm³/mol. The highest BCUT2D eigenvalue weighted by atomic mass is 32.2. The molecule has 0 atom stereocenters. The summed E-state index contributed by atoms with van der Waals surface area (Å²) in [5, 5.41) is 1.09. The van der Waals surface area contributed by atoms with Crippen molar-refractivity contribution in [3.8, 4) is 10.7 Å². The van der Waals surface area contributed by atoms with Crippen LogP contribution < -0.4 is 10.3 Å². The van der Waals surface area contributed by atoms with Crippen molar-refractivity contribution in [1.82, 2.24) is 14.7 Å². The summed E-state index contributed by atoms with van der Waals surface area (Å²) in [6, 6.07) is 12.5. The van der Waals surface area contributed by atoms with Gasteiger partial charge in [0.15, 0.2) is 0 Å². The van der Waals surface area contributed by atoms with Gasteiger partial charge in [-0.1, -0.05) is 18.2 Å². The maximum absolute atomic E-state index is 12.1. The van der Waals surface area contributed by atoms with E-state index in [1.807, 2.05) is 12.1 Å². The molecule has 0 bridgehead atoms. The third kappa shape index (κ3) is 3.79. The van der Waals surface area contributed by atoms with E-state index in [-0.39, 0.29) is 12.1 Å². The van der Waals surface area contributed by atoms with Gasteiger partial charge in [0.1, 0.15) is 5.01 Å². The van der Waals surface area contributed by atoms with Gasteiger partial charge in [-0.25, -0.2) is 18.1 Å². The molecule has 0 radical (unpaired) electrons. The van der Waals surface area contributed by atoms with Crippen LogP contribution in [0.2, 0.25) is 0 Å². The number of aromatic nitrogens is 2. The minimum atomic E-state index is -3.29. The van der Waals surface area contributed by atoms with E-state index in [0.29, 0.717) is 21.8 Å². The number of hydrogen-bond donors (Lipinski definition) is 1. The summed E-state index contributed by atoms with van der Waals surface area (Å²) in [6.45, 7) is 0.0924. The van der Waals surface area contributed by atoms with Crippen molar-refractivity contribution < 1.29 is 8.42 Å². The van der Waals surface area contributed by atoms with E-state index in [1.165, 1.54) is 11.3 Å². The van der Waals surface area contributed by atoms with Crippen molar-refractivity contribution in [3.05, 3.63) is 58.5 Å². The second kappa shape index (κ2) is 6.15. The van der Waals surface area contributed by atoms with Crippen molar-refractivity contribution in [1.29, 1.82) is 0 Å². The standard InChI is InChI=1S/C15H13N3O3S2/c1-23(20,21)16-9-10-5-4-7-12(17-10)15-18-14(19)11-6-2-3-8-13(11)22-15/h2-8,16H,9H2,1H3. The Bertz CT molecular complexity index is 1030. The maximum atomic E-state index is 12.1. The first-order valence-electron chi connectivity index (χ1n) is 6.73. The topological polar surface area (TPSA) is 89.0 Å². The molecule has 6 nitrogen and oxygen atoms in total. The van der Waals surface area contributed by atoms with Crippen LogP contribution in [0.15, 0.2) is 47.3 Å². The Labute approximate surface area is 136 Å². The monoisotopic (exact) mass is 347 g/mol. The third-order valence-corrected chi connectivity index (χ3v) is 4.81. The first-order valence-corrected chi connectivity index (χ1v) is 9.44. The van der Waals surface area contributed by atoms with Crippen LogP contribution in [0.4, 0.5) is 0 Å². The molecule has 2 heterocycles. The van der Waals surface area contributed by atoms with Gasteiger partial charge in [0.25, 0.3) is 5.56 Å². The van der Waals surface area contributed by atoms with Gasteiger partial charge >= 0.3 is 0 Å². The lowest BCUT2D eigenvalue weighted by molar-refractivity contribution is 0.586. The number of nitrogens with zero attached hydrogens (tertiary/aromatic N) is 2. The minimum Gasteiger partial charge on any atom is -0.267 e. The second-order valence-electron chi connectivity index (χ2n) is 4.93. The van der Waals surface area contributed by atoms with Gasteiger partial charge in [-0.3, -0.25) is 4.79 Å². The maximum Gasteiger partial charge on any atom is 0.279 e. The summed E-state index contributed by atoms with van der Waals surface area (Å²) in [6.07, 6.45) is 1.09. The van der Waals surface area contributed by atoms with Crippen LogP contribution in [-0.4, -0.2) is 24.6 Å². The van der Waals surface area contributed by atoms with E-state index in [2.05, 4.69) is 14.7 Å². The van der Waals surface area contributed by atoms with E-state index in [9.17, 15) is 13.2 Å². The van der Waals surface area contributed by atoms with Crippen molar-refractivity contribution in [2.75, 3.05) is 6.26 Å². The van der Waals surface area contributed by atoms with Crippen molar-refractivity contribution in [2.45, 2.75) is 6.54 Å². The summed E-state index contributed by atoms with van der Waals surface area (Å²) in [5.74, 6) is 0. The summed E-state index contributed by atoms with van der Waals surface area (Å²) >= 11 is 1.37. The number of pyridine rings is 1. The molecule has 2 aromatic heterocycles. The predicted octanol–water partition coefficient (Wildman–Crippen LogP) is 1.77. The van der Waals surface area contributed by atoms with Crippen molar-refractivity contribution >= 4 is 31.4 Å². The number of fused-ring (bicyclic) bond motifs is 1. The number of hydrogen-bond acceptors (Lipinski definition) is 6. The van der Waals surface area contributed by atoms with Crippen LogP contribution in [0.25, 0.3) is 20.8 Å². The van der Waals surface area contributed by atoms with E-state index in [4.69, 9.17) is 0 Å². The molecule has 23 heavy (non-hydrogen) atoms. The average molecular weight is 347 g/mol. The van der Waals surface area contributed by atoms with Crippen LogP contribution in [0.3, 0.4) is 0 Å². The van der Waals surface area contributed by atoms with E-state index in [0.717, 1.165) is 11.0 Å². The molecule has 0 amide bonds. The molecule has 0 saturated carbocycles. The molecule has 0 aliphatic carbocycles. The molecule has 0 aliphatic heterocycles. The molecule has 0 unspecified atom stereocenters. The summed E-state index contributed by atoms with van der Waals surface area (Å²) < 4.78 is 25.5. The molecular weight excluding hydrogens is 334 g/mol. The smallest absolute Gasteiger partial charge is 0.267 e. The van der Waals surface area contributed by atoms with Gasteiger partial charge in [-0.2, -0.15) is 4.98 Å². The van der Waals surface area contributed by atoms with Gasteiger partial charge in [-0.05, 0) is 24.3 Å². The molecule has 8 heteroatoms. The number of benzene rings is 1. The van der Waals surface area contributed by atoms with E-state index >= 15 is 0 Å². The largest absolute Gasteiger partial charge is 0.279 e. The van der Waals surface area contributed by atoms with Crippen molar-refractivity contribution in [3.63, 3.8) is 0 Å². The Morgan fingerprint density at radius 3 is 2.65 bits per heavy atom. The third-order valence-electron chi connectivity index (χ3n) is 3.07. The quantitative estimate of drug-likeness (QED) is 0.777. The second-order valence-corrected chi connectivity index (χ2v) is 7.79. The van der Waals surface area contributed by atoms with Gasteiger partial charge in [0, 0.05) is 4.70 Å². The molecule has 0 saturated heterocycles. The van der Waals surface area contributed by atoms with Gasteiger partial charge < -0.3 is 0 Å². The van der Waals surface area contributed by atoms with Crippen LogP contribution in [0, 0.1) is 0 Å². The van der Waals surface area contributed by atoms with Gasteiger partial charge in [0.2, 0.25) is 10.0 Å². The fraction of sp³-hybridized carbons (Fsp3) is 0.133. The Balaban J connectivity index is 2.00. The van der Waals surface area contributed by atoms with Crippen LogP contribution >= 0.6 is 11.3 Å². The summed E-state index contributed by atoms with van der Waals surface area (Å²) in [4.78, 5) is 20.6. The first kappa shape index (κ1) is 15.7. The Kier molecular flexibility index (Phi) is 4.20. The molecule has 3 rings (SSSR count). The number of sulfonamides is 1. The fourth-order valence-corrected chi connectivity index (χ4v) is 3.40. The lowest BCUT2D eigenvalue weighted by Gasteiger charge is -2.05. The Morgan fingerprint density at radius 1 is 1.09 bits per heavy atom. The Hall–Kier alpha value is -2.16. The lowest BCUT2D eigenvalue weighted by atomic mass is 10.3. The molecule has 118 valence electrons. The lowest BCUT2D eigenvalue weighted by Crippen LogP contribution is -2.21. The highest BCUT2D eigenvalue weighted by Gasteiger charge is 2.09. The molecule has 0 aliphatic rings. The van der Waals surface area contributed by atoms with Crippen LogP contribution in [0.1, 0.15) is 5.69 Å². The summed E-state index contributed by atoms with van der Waals surface area (Å²) in [7, 11) is -3.29.